The molecule has 1 aromatic rings. The van der Waals surface area contributed by atoms with Crippen LogP contribution in [0.2, 0.25) is 5.02 Å². The molecule has 2 aliphatic heterocycles. The van der Waals surface area contributed by atoms with Crippen LogP contribution in [0, 0.1) is 5.92 Å². The van der Waals surface area contributed by atoms with Gasteiger partial charge in [0.05, 0.1) is 5.92 Å². The number of carboxylic acids is 1. The van der Waals surface area contributed by atoms with E-state index in [0.29, 0.717) is 5.02 Å². The molecule has 0 saturated carbocycles. The van der Waals surface area contributed by atoms with Crippen molar-refractivity contribution in [1.29, 1.82) is 0 Å². The summed E-state index contributed by atoms with van der Waals surface area (Å²) >= 11 is 7.84. The molecule has 2 aliphatic rings. The van der Waals surface area contributed by atoms with E-state index in [9.17, 15) is 9.90 Å². The third-order valence-electron chi connectivity index (χ3n) is 3.79. The average molecular weight is 284 g/mol. The molecule has 3 unspecified atom stereocenters. The van der Waals surface area contributed by atoms with E-state index in [1.54, 1.807) is 6.07 Å². The smallest absolute Gasteiger partial charge is 0.311 e. The van der Waals surface area contributed by atoms with Gasteiger partial charge in [-0.2, -0.15) is 11.8 Å². The van der Waals surface area contributed by atoms with E-state index in [1.807, 2.05) is 23.9 Å². The van der Waals surface area contributed by atoms with Gasteiger partial charge in [0.25, 0.3) is 0 Å². The lowest BCUT2D eigenvalue weighted by Gasteiger charge is -2.41. The fourth-order valence-corrected chi connectivity index (χ4v) is 4.40. The topological polar surface area (TPSA) is 49.3 Å². The molecule has 0 amide bonds. The number of carboxylic acid groups (broad SMARTS) is 1. The monoisotopic (exact) mass is 283 g/mol. The number of anilines is 1. The van der Waals surface area contributed by atoms with E-state index in [4.69, 9.17) is 11.6 Å². The van der Waals surface area contributed by atoms with E-state index in [2.05, 4.69) is 5.32 Å². The van der Waals surface area contributed by atoms with E-state index in [0.717, 1.165) is 29.2 Å². The molecule has 0 spiro atoms. The van der Waals surface area contributed by atoms with E-state index in [-0.39, 0.29) is 12.0 Å². The highest BCUT2D eigenvalue weighted by atomic mass is 35.5. The summed E-state index contributed by atoms with van der Waals surface area (Å²) < 4.78 is 0. The van der Waals surface area contributed by atoms with Gasteiger partial charge in [0.15, 0.2) is 0 Å². The Kier molecular flexibility index (Phi) is 3.16. The van der Waals surface area contributed by atoms with Gasteiger partial charge in [0, 0.05) is 22.7 Å². The minimum Gasteiger partial charge on any atom is -0.481 e. The molecule has 3 rings (SSSR count). The number of hydrogen-bond donors (Lipinski definition) is 2. The van der Waals surface area contributed by atoms with E-state index in [1.165, 1.54) is 0 Å². The number of rotatable bonds is 1. The Morgan fingerprint density at radius 3 is 3.11 bits per heavy atom. The van der Waals surface area contributed by atoms with Crippen molar-refractivity contribution in [3.8, 4) is 0 Å². The molecule has 1 aromatic carbocycles. The first-order valence-corrected chi connectivity index (χ1v) is 7.56. The number of hydrogen-bond acceptors (Lipinski definition) is 3. The maximum Gasteiger partial charge on any atom is 0.311 e. The van der Waals surface area contributed by atoms with Gasteiger partial charge in [-0.25, -0.2) is 0 Å². The van der Waals surface area contributed by atoms with E-state index >= 15 is 0 Å². The van der Waals surface area contributed by atoms with Crippen LogP contribution in [-0.4, -0.2) is 28.6 Å². The van der Waals surface area contributed by atoms with Crippen LogP contribution in [0.5, 0.6) is 0 Å². The van der Waals surface area contributed by atoms with Crippen LogP contribution in [0.25, 0.3) is 0 Å². The molecule has 0 aliphatic carbocycles. The van der Waals surface area contributed by atoms with Crippen molar-refractivity contribution >= 4 is 35.0 Å². The summed E-state index contributed by atoms with van der Waals surface area (Å²) in [7, 11) is 0. The molecule has 0 aromatic heterocycles. The van der Waals surface area contributed by atoms with Crippen LogP contribution in [0.3, 0.4) is 0 Å². The molecule has 5 heteroatoms. The molecule has 2 N–H and O–H groups in total. The summed E-state index contributed by atoms with van der Waals surface area (Å²) in [6.45, 7) is 0. The van der Waals surface area contributed by atoms with Crippen molar-refractivity contribution in [3.05, 3.63) is 28.8 Å². The quantitative estimate of drug-likeness (QED) is 0.832. The molecule has 18 heavy (non-hydrogen) atoms. The van der Waals surface area contributed by atoms with Gasteiger partial charge in [-0.1, -0.05) is 17.7 Å². The second-order valence-corrected chi connectivity index (χ2v) is 6.41. The summed E-state index contributed by atoms with van der Waals surface area (Å²) in [5.41, 5.74) is 1.76. The Morgan fingerprint density at radius 2 is 2.33 bits per heavy atom. The molecule has 2 heterocycles. The lowest BCUT2D eigenvalue weighted by molar-refractivity contribution is -0.140. The average Bonchev–Trinajstić information content (AvgIpc) is 2.35. The number of aliphatic carboxylic acids is 1. The summed E-state index contributed by atoms with van der Waals surface area (Å²) in [5.74, 6) is 1.05. The van der Waals surface area contributed by atoms with Crippen LogP contribution >= 0.6 is 23.4 Å². The molecule has 3 atom stereocenters. The lowest BCUT2D eigenvalue weighted by Crippen LogP contribution is -2.44. The first-order chi connectivity index (χ1) is 8.66. The van der Waals surface area contributed by atoms with Crippen molar-refractivity contribution in [3.63, 3.8) is 0 Å². The van der Waals surface area contributed by atoms with Gasteiger partial charge in [-0.15, -0.1) is 0 Å². The number of halogens is 1. The predicted octanol–water partition coefficient (Wildman–Crippen LogP) is 3.06. The minimum atomic E-state index is -0.724. The normalized spacial score (nSPS) is 29.9. The maximum absolute atomic E-state index is 11.6. The zero-order valence-corrected chi connectivity index (χ0v) is 11.3. The first kappa shape index (κ1) is 12.2. The van der Waals surface area contributed by atoms with Crippen molar-refractivity contribution in [1.82, 2.24) is 0 Å². The summed E-state index contributed by atoms with van der Waals surface area (Å²) in [4.78, 5) is 11.6. The molecule has 1 fully saturated rings. The Bertz CT molecular complexity index is 494. The van der Waals surface area contributed by atoms with Crippen LogP contribution < -0.4 is 5.32 Å². The summed E-state index contributed by atoms with van der Waals surface area (Å²) in [5, 5.41) is 13.6. The van der Waals surface area contributed by atoms with Crippen molar-refractivity contribution in [2.45, 2.75) is 18.4 Å². The van der Waals surface area contributed by atoms with Gasteiger partial charge in [-0.3, -0.25) is 4.79 Å². The second-order valence-electron chi connectivity index (χ2n) is 4.83. The van der Waals surface area contributed by atoms with Gasteiger partial charge < -0.3 is 10.4 Å². The molecule has 0 bridgehead atoms. The Balaban J connectivity index is 2.06. The molecule has 1 saturated heterocycles. The minimum absolute atomic E-state index is 0.176. The SMILES string of the molecule is O=C(O)C1c2ccc(Cl)cc2NC2CCSCC21. The number of fused-ring (bicyclic) bond motifs is 2. The number of benzene rings is 1. The van der Waals surface area contributed by atoms with Gasteiger partial charge in [-0.05, 0) is 35.6 Å². The predicted molar refractivity (Wildman–Crippen MR) is 74.7 cm³/mol. The van der Waals surface area contributed by atoms with Gasteiger partial charge in [0.1, 0.15) is 0 Å². The fourth-order valence-electron chi connectivity index (χ4n) is 2.94. The zero-order chi connectivity index (χ0) is 12.7. The molecular weight excluding hydrogens is 270 g/mol. The largest absolute Gasteiger partial charge is 0.481 e. The highest BCUT2D eigenvalue weighted by molar-refractivity contribution is 7.99. The molecular formula is C13H14ClNO2S. The summed E-state index contributed by atoms with van der Waals surface area (Å²) in [6.07, 6.45) is 1.02. The van der Waals surface area contributed by atoms with Crippen LogP contribution in [0.1, 0.15) is 17.9 Å². The first-order valence-electron chi connectivity index (χ1n) is 6.03. The highest BCUT2D eigenvalue weighted by Gasteiger charge is 2.41. The van der Waals surface area contributed by atoms with Crippen molar-refractivity contribution < 1.29 is 9.90 Å². The van der Waals surface area contributed by atoms with Crippen molar-refractivity contribution in [2.75, 3.05) is 16.8 Å². The van der Waals surface area contributed by atoms with Crippen LogP contribution in [0.15, 0.2) is 18.2 Å². The zero-order valence-electron chi connectivity index (χ0n) is 9.73. The number of nitrogens with one attached hydrogen (secondary N) is 1. The second kappa shape index (κ2) is 4.67. The maximum atomic E-state index is 11.6. The number of carbonyl (C=O) groups is 1. The number of thioether (sulfide) groups is 1. The molecule has 0 radical (unpaired) electrons. The lowest BCUT2D eigenvalue weighted by atomic mass is 9.77. The van der Waals surface area contributed by atoms with E-state index < -0.39 is 11.9 Å². The highest BCUT2D eigenvalue weighted by Crippen LogP contribution is 2.44. The Labute approximate surface area is 115 Å². The fraction of sp³-hybridized carbons (Fsp3) is 0.462. The van der Waals surface area contributed by atoms with Crippen molar-refractivity contribution in [2.24, 2.45) is 5.92 Å². The van der Waals surface area contributed by atoms with Crippen LogP contribution in [-0.2, 0) is 4.79 Å². The Hall–Kier alpha value is -0.870. The Morgan fingerprint density at radius 1 is 1.50 bits per heavy atom. The molecule has 96 valence electrons. The molecule has 3 nitrogen and oxygen atoms in total. The summed E-state index contributed by atoms with van der Waals surface area (Å²) in [6, 6.07) is 5.72. The van der Waals surface area contributed by atoms with Gasteiger partial charge >= 0.3 is 5.97 Å². The third kappa shape index (κ3) is 1.97. The van der Waals surface area contributed by atoms with Gasteiger partial charge in [0.2, 0.25) is 0 Å². The third-order valence-corrected chi connectivity index (χ3v) is 5.17. The standard InChI is InChI=1S/C13H14ClNO2S/c14-7-1-2-8-11(5-7)15-10-3-4-18-6-9(10)12(8)13(16)17/h1-2,5,9-10,12,15H,3-4,6H2,(H,16,17). The van der Waals surface area contributed by atoms with Crippen LogP contribution in [0.4, 0.5) is 5.69 Å².